The van der Waals surface area contributed by atoms with Gasteiger partial charge >= 0.3 is 16.4 Å². The number of amidine groups is 1. The Kier molecular flexibility index (Phi) is 1.33. The first-order chi connectivity index (χ1) is 4.20. The first-order valence-corrected chi connectivity index (χ1v) is 2.80. The van der Waals surface area contributed by atoms with Crippen molar-refractivity contribution in [3.05, 3.63) is 21.3 Å². The van der Waals surface area contributed by atoms with E-state index in [1.165, 1.54) is 0 Å². The van der Waals surface area contributed by atoms with Crippen LogP contribution in [0, 0.1) is 16.3 Å². The number of nitrogens with two attached hydrogens (primary N) is 1. The van der Waals surface area contributed by atoms with Crippen LogP contribution in [0.25, 0.3) is 0 Å². The van der Waals surface area contributed by atoms with E-state index in [4.69, 9.17) is 5.73 Å². The van der Waals surface area contributed by atoms with Crippen molar-refractivity contribution in [2.75, 3.05) is 0 Å². The maximum Gasteiger partial charge on any atom is 0.492 e. The number of nitro groups is 1. The van der Waals surface area contributed by atoms with Gasteiger partial charge in [-0.15, -0.1) is 0 Å². The Labute approximate surface area is 54.8 Å². The van der Waals surface area contributed by atoms with Crippen molar-refractivity contribution in [3.63, 3.8) is 0 Å². The molecule has 0 aliphatic carbocycles. The second kappa shape index (κ2) is 2.00. The van der Waals surface area contributed by atoms with Gasteiger partial charge in [0.2, 0.25) is 0 Å². The van der Waals surface area contributed by atoms with E-state index in [0.29, 0.717) is 0 Å². The lowest BCUT2D eigenvalue weighted by atomic mass is 10.9. The average Bonchev–Trinajstić information content (AvgIpc) is 2.14. The molecule has 6 heteroatoms. The van der Waals surface area contributed by atoms with Crippen LogP contribution in [0.15, 0.2) is 10.0 Å². The van der Waals surface area contributed by atoms with Gasteiger partial charge in [-0.25, -0.2) is 0 Å². The molecule has 0 radical (unpaired) electrons. The molecule has 0 spiro atoms. The molecule has 1 aliphatic heterocycles. The quantitative estimate of drug-likeness (QED) is 0.317. The van der Waals surface area contributed by atoms with Crippen LogP contribution < -0.4 is 5.73 Å². The van der Waals surface area contributed by atoms with E-state index in [9.17, 15) is 10.1 Å². The van der Waals surface area contributed by atoms with E-state index in [2.05, 4.69) is 11.2 Å². The van der Waals surface area contributed by atoms with Crippen molar-refractivity contribution in [1.29, 1.82) is 0 Å². The van der Waals surface area contributed by atoms with Crippen molar-refractivity contribution >= 4 is 16.9 Å². The molecule has 0 aromatic carbocycles. The molecule has 0 bridgehead atoms. The fourth-order valence-corrected chi connectivity index (χ4v) is 0.781. The highest BCUT2D eigenvalue weighted by Gasteiger charge is 2.32. The zero-order valence-corrected chi connectivity index (χ0v) is 5.01. The fraction of sp³-hybridized carbons (Fsp3) is 0. The summed E-state index contributed by atoms with van der Waals surface area (Å²) in [7, 11) is 0. The SMILES string of the molecule is NC1=N[C+]=C([N+](=O)[O-])S1. The number of hydrogen-bond donors (Lipinski definition) is 1. The number of thioether (sulfide) groups is 1. The van der Waals surface area contributed by atoms with E-state index in [-0.39, 0.29) is 10.2 Å². The Morgan fingerprint density at radius 1 is 1.89 bits per heavy atom. The summed E-state index contributed by atoms with van der Waals surface area (Å²) in [6.45, 7) is 0. The molecule has 0 fully saturated rings. The third-order valence-electron chi connectivity index (χ3n) is 0.629. The topological polar surface area (TPSA) is 81.5 Å². The molecule has 0 aromatic rings. The van der Waals surface area contributed by atoms with Crippen molar-refractivity contribution in [1.82, 2.24) is 0 Å². The van der Waals surface area contributed by atoms with Crippen LogP contribution in [0.3, 0.4) is 0 Å². The van der Waals surface area contributed by atoms with E-state index in [1.54, 1.807) is 0 Å². The highest BCUT2D eigenvalue weighted by molar-refractivity contribution is 8.17. The van der Waals surface area contributed by atoms with Gasteiger partial charge in [0.15, 0.2) is 11.8 Å². The largest absolute Gasteiger partial charge is 0.492 e. The summed E-state index contributed by atoms with van der Waals surface area (Å²) < 4.78 is 0. The summed E-state index contributed by atoms with van der Waals surface area (Å²) in [4.78, 5) is 12.7. The molecule has 1 heterocycles. The van der Waals surface area contributed by atoms with Gasteiger partial charge in [-0.3, -0.25) is 10.1 Å². The lowest BCUT2D eigenvalue weighted by molar-refractivity contribution is -0.411. The zero-order chi connectivity index (χ0) is 6.85. The maximum atomic E-state index is 9.90. The highest BCUT2D eigenvalue weighted by atomic mass is 32.2. The predicted octanol–water partition coefficient (Wildman–Crippen LogP) is -0.0733. The fourth-order valence-electron chi connectivity index (χ4n) is 0.326. The van der Waals surface area contributed by atoms with Crippen molar-refractivity contribution in [2.45, 2.75) is 0 Å². The van der Waals surface area contributed by atoms with Crippen molar-refractivity contribution < 1.29 is 4.92 Å². The molecular weight excluding hydrogens is 142 g/mol. The van der Waals surface area contributed by atoms with Crippen LogP contribution in [0.5, 0.6) is 0 Å². The van der Waals surface area contributed by atoms with Gasteiger partial charge in [0, 0.05) is 4.99 Å². The molecule has 1 rings (SSSR count). The molecule has 0 saturated heterocycles. The minimum Gasteiger partial charge on any atom is -0.300 e. The Morgan fingerprint density at radius 3 is 2.78 bits per heavy atom. The van der Waals surface area contributed by atoms with Crippen LogP contribution in [0.1, 0.15) is 0 Å². The number of aliphatic imine (C=N–C) groups is 1. The lowest BCUT2D eigenvalue weighted by Gasteiger charge is -1.75. The van der Waals surface area contributed by atoms with Crippen LogP contribution in [-0.2, 0) is 0 Å². The minimum atomic E-state index is -0.575. The van der Waals surface area contributed by atoms with Gasteiger partial charge in [0.1, 0.15) is 4.92 Å². The Bertz CT molecular complexity index is 209. The summed E-state index contributed by atoms with van der Waals surface area (Å²) in [5.41, 5.74) is 5.09. The predicted molar refractivity (Wildman–Crippen MR) is 33.0 cm³/mol. The zero-order valence-electron chi connectivity index (χ0n) is 4.20. The van der Waals surface area contributed by atoms with Crippen molar-refractivity contribution in [2.24, 2.45) is 10.7 Å². The Morgan fingerprint density at radius 2 is 2.56 bits per heavy atom. The van der Waals surface area contributed by atoms with E-state index in [0.717, 1.165) is 11.8 Å². The van der Waals surface area contributed by atoms with Crippen LogP contribution in [0.2, 0.25) is 0 Å². The monoisotopic (exact) mass is 144 g/mol. The summed E-state index contributed by atoms with van der Waals surface area (Å²) in [6.07, 6.45) is 2.15. The van der Waals surface area contributed by atoms with Crippen LogP contribution >= 0.6 is 11.8 Å². The smallest absolute Gasteiger partial charge is 0.300 e. The molecule has 9 heavy (non-hydrogen) atoms. The van der Waals surface area contributed by atoms with E-state index in [1.807, 2.05) is 0 Å². The molecule has 0 unspecified atom stereocenters. The molecule has 46 valence electrons. The Hall–Kier alpha value is -1.13. The molecule has 1 aliphatic rings. The molecule has 5 nitrogen and oxygen atoms in total. The number of nitrogens with zero attached hydrogens (tertiary/aromatic N) is 2. The minimum absolute atomic E-state index is 0.146. The first kappa shape index (κ1) is 6.00. The molecular formula is C3H2N3O2S+. The highest BCUT2D eigenvalue weighted by Crippen LogP contribution is 2.20. The van der Waals surface area contributed by atoms with Crippen LogP contribution in [0.4, 0.5) is 0 Å². The van der Waals surface area contributed by atoms with E-state index < -0.39 is 4.92 Å². The molecule has 0 atom stereocenters. The summed E-state index contributed by atoms with van der Waals surface area (Å²) in [6, 6.07) is 0. The second-order valence-corrected chi connectivity index (χ2v) is 2.24. The number of rotatable bonds is 1. The normalized spacial score (nSPS) is 16.0. The maximum absolute atomic E-state index is 9.90. The van der Waals surface area contributed by atoms with Crippen LogP contribution in [-0.4, -0.2) is 10.1 Å². The Balaban J connectivity index is 2.64. The van der Waals surface area contributed by atoms with E-state index >= 15 is 0 Å². The van der Waals surface area contributed by atoms with Gasteiger partial charge in [0.25, 0.3) is 0 Å². The molecule has 0 saturated carbocycles. The average molecular weight is 144 g/mol. The second-order valence-electron chi connectivity index (χ2n) is 1.23. The van der Waals surface area contributed by atoms with Gasteiger partial charge < -0.3 is 5.73 Å². The van der Waals surface area contributed by atoms with Gasteiger partial charge in [-0.1, -0.05) is 0 Å². The summed E-state index contributed by atoms with van der Waals surface area (Å²) in [5.74, 6) is 0. The van der Waals surface area contributed by atoms with Gasteiger partial charge in [0.05, 0.1) is 0 Å². The standard InChI is InChI=1S/C3H2N3O2S/c4-3-5-1-2(9-3)6(7)8/h(H2,4,5)/q+1. The number of hydrogen-bond acceptors (Lipinski definition) is 5. The van der Waals surface area contributed by atoms with Crippen molar-refractivity contribution in [3.8, 4) is 0 Å². The summed E-state index contributed by atoms with van der Waals surface area (Å²) in [5, 5.41) is 9.93. The molecule has 0 aromatic heterocycles. The molecule has 0 amide bonds. The third kappa shape index (κ3) is 1.16. The first-order valence-electron chi connectivity index (χ1n) is 1.98. The molecule has 2 N–H and O–H groups in total. The van der Waals surface area contributed by atoms with Gasteiger partial charge in [-0.05, 0) is 0 Å². The summed E-state index contributed by atoms with van der Waals surface area (Å²) >= 11 is 0.808. The lowest BCUT2D eigenvalue weighted by Crippen LogP contribution is -2.04. The third-order valence-corrected chi connectivity index (χ3v) is 1.36. The van der Waals surface area contributed by atoms with Gasteiger partial charge in [-0.2, -0.15) is 0 Å².